The largest absolute Gasteiger partial charge is 0.380 e. The third-order valence-corrected chi connectivity index (χ3v) is 3.11. The second-order valence-electron chi connectivity index (χ2n) is 4.02. The standard InChI is InChI=1S/C12H16ClNO/c1-9-4-5-10(7-12(9)13)14-11-3-2-6-15-8-11/h4-5,7,11,14H,2-3,6,8H2,1H3. The minimum absolute atomic E-state index is 0.428. The monoisotopic (exact) mass is 225 g/mol. The van der Waals surface area contributed by atoms with E-state index < -0.39 is 0 Å². The fourth-order valence-electron chi connectivity index (χ4n) is 1.77. The van der Waals surface area contributed by atoms with Crippen LogP contribution in [0, 0.1) is 6.92 Å². The Morgan fingerprint density at radius 2 is 2.33 bits per heavy atom. The number of rotatable bonds is 2. The van der Waals surface area contributed by atoms with Crippen LogP contribution in [0.5, 0.6) is 0 Å². The average Bonchev–Trinajstić information content (AvgIpc) is 2.25. The molecule has 2 nitrogen and oxygen atoms in total. The van der Waals surface area contributed by atoms with Crippen molar-refractivity contribution in [3.63, 3.8) is 0 Å². The lowest BCUT2D eigenvalue weighted by Crippen LogP contribution is -2.29. The van der Waals surface area contributed by atoms with Gasteiger partial charge in [-0.05, 0) is 37.5 Å². The van der Waals surface area contributed by atoms with Gasteiger partial charge in [0.05, 0.1) is 6.61 Å². The molecule has 1 aromatic rings. The molecule has 1 N–H and O–H groups in total. The van der Waals surface area contributed by atoms with Crippen molar-refractivity contribution >= 4 is 17.3 Å². The molecule has 1 aliphatic heterocycles. The van der Waals surface area contributed by atoms with Crippen LogP contribution in [0.15, 0.2) is 18.2 Å². The summed E-state index contributed by atoms with van der Waals surface area (Å²) in [5.74, 6) is 0. The number of ether oxygens (including phenoxy) is 1. The summed E-state index contributed by atoms with van der Waals surface area (Å²) in [6.07, 6.45) is 2.31. The molecule has 0 saturated carbocycles. The molecule has 0 bridgehead atoms. The van der Waals surface area contributed by atoms with E-state index in [9.17, 15) is 0 Å². The van der Waals surface area contributed by atoms with Crippen molar-refractivity contribution in [2.24, 2.45) is 0 Å². The van der Waals surface area contributed by atoms with Crippen LogP contribution in [-0.2, 0) is 4.74 Å². The van der Waals surface area contributed by atoms with Crippen molar-refractivity contribution in [3.05, 3.63) is 28.8 Å². The van der Waals surface area contributed by atoms with Gasteiger partial charge in [0.1, 0.15) is 0 Å². The predicted octanol–water partition coefficient (Wildman–Crippen LogP) is 3.24. The first-order valence-corrected chi connectivity index (χ1v) is 5.74. The fraction of sp³-hybridized carbons (Fsp3) is 0.500. The van der Waals surface area contributed by atoms with E-state index in [-0.39, 0.29) is 0 Å². The van der Waals surface area contributed by atoms with E-state index in [1.165, 1.54) is 6.42 Å². The third-order valence-electron chi connectivity index (χ3n) is 2.70. The molecule has 1 aliphatic rings. The first kappa shape index (κ1) is 10.8. The summed E-state index contributed by atoms with van der Waals surface area (Å²) in [4.78, 5) is 0. The average molecular weight is 226 g/mol. The molecule has 2 rings (SSSR count). The molecule has 15 heavy (non-hydrogen) atoms. The number of anilines is 1. The van der Waals surface area contributed by atoms with E-state index >= 15 is 0 Å². The Morgan fingerprint density at radius 3 is 3.00 bits per heavy atom. The summed E-state index contributed by atoms with van der Waals surface area (Å²) in [6.45, 7) is 3.70. The third kappa shape index (κ3) is 2.86. The van der Waals surface area contributed by atoms with Gasteiger partial charge in [0.25, 0.3) is 0 Å². The highest BCUT2D eigenvalue weighted by Gasteiger charge is 2.13. The minimum atomic E-state index is 0.428. The van der Waals surface area contributed by atoms with Crippen molar-refractivity contribution in [2.75, 3.05) is 18.5 Å². The molecule has 3 heteroatoms. The summed E-state index contributed by atoms with van der Waals surface area (Å²) < 4.78 is 5.41. The zero-order valence-corrected chi connectivity index (χ0v) is 9.68. The Bertz CT molecular complexity index is 334. The molecule has 1 atom stereocenters. The van der Waals surface area contributed by atoms with Gasteiger partial charge in [-0.15, -0.1) is 0 Å². The summed E-state index contributed by atoms with van der Waals surface area (Å²) in [6, 6.07) is 6.51. The molecule has 0 spiro atoms. The highest BCUT2D eigenvalue weighted by atomic mass is 35.5. The minimum Gasteiger partial charge on any atom is -0.380 e. The van der Waals surface area contributed by atoms with E-state index in [0.29, 0.717) is 6.04 Å². The molecular weight excluding hydrogens is 210 g/mol. The topological polar surface area (TPSA) is 21.3 Å². The maximum atomic E-state index is 6.06. The molecule has 82 valence electrons. The Balaban J connectivity index is 2.00. The van der Waals surface area contributed by atoms with Gasteiger partial charge in [-0.25, -0.2) is 0 Å². The van der Waals surface area contributed by atoms with Crippen LogP contribution in [0.1, 0.15) is 18.4 Å². The molecular formula is C12H16ClNO. The van der Waals surface area contributed by atoms with Crippen LogP contribution < -0.4 is 5.32 Å². The van der Waals surface area contributed by atoms with Crippen molar-refractivity contribution in [3.8, 4) is 0 Å². The van der Waals surface area contributed by atoms with Crippen LogP contribution in [0.2, 0.25) is 5.02 Å². The Morgan fingerprint density at radius 1 is 1.47 bits per heavy atom. The van der Waals surface area contributed by atoms with E-state index in [2.05, 4.69) is 11.4 Å². The van der Waals surface area contributed by atoms with Gasteiger partial charge in [-0.2, -0.15) is 0 Å². The molecule has 0 aromatic heterocycles. The van der Waals surface area contributed by atoms with Gasteiger partial charge in [0.2, 0.25) is 0 Å². The molecule has 1 fully saturated rings. The summed E-state index contributed by atoms with van der Waals surface area (Å²) in [5.41, 5.74) is 2.20. The zero-order valence-electron chi connectivity index (χ0n) is 8.92. The van der Waals surface area contributed by atoms with E-state index in [0.717, 1.165) is 35.9 Å². The molecule has 0 amide bonds. The van der Waals surface area contributed by atoms with Gasteiger partial charge in [0.15, 0.2) is 0 Å². The normalized spacial score (nSPS) is 21.3. The lowest BCUT2D eigenvalue weighted by molar-refractivity contribution is 0.0876. The quantitative estimate of drug-likeness (QED) is 0.835. The predicted molar refractivity (Wildman–Crippen MR) is 63.7 cm³/mol. The van der Waals surface area contributed by atoms with Crippen LogP contribution in [0.25, 0.3) is 0 Å². The number of hydrogen-bond donors (Lipinski definition) is 1. The highest BCUT2D eigenvalue weighted by Crippen LogP contribution is 2.21. The van der Waals surface area contributed by atoms with Gasteiger partial charge < -0.3 is 10.1 Å². The molecule has 1 saturated heterocycles. The van der Waals surface area contributed by atoms with Gasteiger partial charge in [-0.3, -0.25) is 0 Å². The molecule has 1 unspecified atom stereocenters. The van der Waals surface area contributed by atoms with Gasteiger partial charge in [0, 0.05) is 23.4 Å². The lowest BCUT2D eigenvalue weighted by Gasteiger charge is -2.24. The molecule has 0 aliphatic carbocycles. The zero-order chi connectivity index (χ0) is 10.7. The van der Waals surface area contributed by atoms with Crippen molar-refractivity contribution in [1.82, 2.24) is 0 Å². The Kier molecular flexibility index (Phi) is 3.49. The Hall–Kier alpha value is -0.730. The molecule has 1 heterocycles. The van der Waals surface area contributed by atoms with E-state index in [1.807, 2.05) is 19.1 Å². The first-order valence-electron chi connectivity index (χ1n) is 5.36. The van der Waals surface area contributed by atoms with Crippen molar-refractivity contribution in [1.29, 1.82) is 0 Å². The summed E-state index contributed by atoms with van der Waals surface area (Å²) in [7, 11) is 0. The highest BCUT2D eigenvalue weighted by molar-refractivity contribution is 6.31. The Labute approximate surface area is 95.6 Å². The van der Waals surface area contributed by atoms with Gasteiger partial charge in [-0.1, -0.05) is 17.7 Å². The smallest absolute Gasteiger partial charge is 0.0667 e. The second kappa shape index (κ2) is 4.86. The maximum absolute atomic E-state index is 6.06. The summed E-state index contributed by atoms with van der Waals surface area (Å²) >= 11 is 6.06. The second-order valence-corrected chi connectivity index (χ2v) is 4.43. The number of hydrogen-bond acceptors (Lipinski definition) is 2. The van der Waals surface area contributed by atoms with Crippen LogP contribution in [0.3, 0.4) is 0 Å². The lowest BCUT2D eigenvalue weighted by atomic mass is 10.1. The van der Waals surface area contributed by atoms with Crippen LogP contribution in [-0.4, -0.2) is 19.3 Å². The van der Waals surface area contributed by atoms with Crippen molar-refractivity contribution < 1.29 is 4.74 Å². The van der Waals surface area contributed by atoms with Gasteiger partial charge >= 0.3 is 0 Å². The maximum Gasteiger partial charge on any atom is 0.0667 e. The fourth-order valence-corrected chi connectivity index (χ4v) is 1.95. The van der Waals surface area contributed by atoms with Crippen LogP contribution in [0.4, 0.5) is 5.69 Å². The van der Waals surface area contributed by atoms with Crippen molar-refractivity contribution in [2.45, 2.75) is 25.8 Å². The molecule has 0 radical (unpaired) electrons. The van der Waals surface area contributed by atoms with E-state index in [4.69, 9.17) is 16.3 Å². The number of aryl methyl sites for hydroxylation is 1. The summed E-state index contributed by atoms with van der Waals surface area (Å²) in [5, 5.41) is 4.26. The first-order chi connectivity index (χ1) is 7.25. The number of nitrogens with one attached hydrogen (secondary N) is 1. The number of halogens is 1. The number of benzene rings is 1. The van der Waals surface area contributed by atoms with Crippen LogP contribution >= 0.6 is 11.6 Å². The SMILES string of the molecule is Cc1ccc(NC2CCCOC2)cc1Cl. The van der Waals surface area contributed by atoms with E-state index in [1.54, 1.807) is 0 Å². The molecule has 1 aromatic carbocycles.